The Kier molecular flexibility index (Phi) is 30.9. The van der Waals surface area contributed by atoms with Crippen LogP contribution in [0.2, 0.25) is 0 Å². The Bertz CT molecular complexity index is 1070. The zero-order valence-electron chi connectivity index (χ0n) is 37.0. The van der Waals surface area contributed by atoms with Crippen LogP contribution in [0, 0.1) is 0 Å². The molecule has 15 heteroatoms. The second-order valence-corrected chi connectivity index (χ2v) is 17.0. The third-order valence-corrected chi connectivity index (χ3v) is 11.5. The quantitative estimate of drug-likeness (QED) is 0.0315. The molecule has 0 spiro atoms. The third-order valence-electron chi connectivity index (χ3n) is 11.5. The number of hydrogen-bond acceptors (Lipinski definition) is 15. The number of aliphatic hydroxyl groups is 7. The molecule has 0 amide bonds. The molecule has 0 radical (unpaired) electrons. The highest BCUT2D eigenvalue weighted by Crippen LogP contribution is 2.30. The predicted octanol–water partition coefficient (Wildman–Crippen LogP) is 5.26. The van der Waals surface area contributed by atoms with Gasteiger partial charge in [0, 0.05) is 12.8 Å². The molecule has 60 heavy (non-hydrogen) atoms. The van der Waals surface area contributed by atoms with Crippen molar-refractivity contribution in [2.24, 2.45) is 0 Å². The number of ether oxygens (including phenoxy) is 6. The van der Waals surface area contributed by atoms with Crippen LogP contribution in [0.5, 0.6) is 0 Å². The molecule has 7 N–H and O–H groups in total. The van der Waals surface area contributed by atoms with E-state index in [4.69, 9.17) is 28.4 Å². The van der Waals surface area contributed by atoms with Crippen molar-refractivity contribution in [1.29, 1.82) is 0 Å². The summed E-state index contributed by atoms with van der Waals surface area (Å²) in [5, 5.41) is 73.6. The first kappa shape index (κ1) is 54.6. The zero-order chi connectivity index (χ0) is 44.0. The number of unbranched alkanes of at least 4 members (excludes halogenated alkanes) is 22. The number of rotatable bonds is 36. The summed E-state index contributed by atoms with van der Waals surface area (Å²) in [6.45, 7) is 2.44. The van der Waals surface area contributed by atoms with Crippen LogP contribution < -0.4 is 0 Å². The first-order chi connectivity index (χ1) is 29.0. The minimum Gasteiger partial charge on any atom is -0.463 e. The number of aliphatic hydroxyl groups excluding tert-OH is 7. The first-order valence-electron chi connectivity index (χ1n) is 23.6. The molecule has 2 rings (SSSR count). The van der Waals surface area contributed by atoms with Crippen molar-refractivity contribution >= 4 is 11.9 Å². The zero-order valence-corrected chi connectivity index (χ0v) is 37.0. The Hall–Kier alpha value is -1.50. The van der Waals surface area contributed by atoms with Crippen molar-refractivity contribution < 1.29 is 73.8 Å². The van der Waals surface area contributed by atoms with Crippen molar-refractivity contribution in [3.8, 4) is 0 Å². The molecule has 354 valence electrons. The van der Waals surface area contributed by atoms with Crippen molar-refractivity contribution in [2.75, 3.05) is 26.4 Å². The average molecular weight is 865 g/mol. The summed E-state index contributed by atoms with van der Waals surface area (Å²) in [6, 6.07) is 0. The Balaban J connectivity index is 1.81. The largest absolute Gasteiger partial charge is 0.463 e. The highest BCUT2D eigenvalue weighted by Gasteiger charge is 2.51. The predicted molar refractivity (Wildman–Crippen MR) is 225 cm³/mol. The van der Waals surface area contributed by atoms with Crippen molar-refractivity contribution in [3.63, 3.8) is 0 Å². The first-order valence-corrected chi connectivity index (χ1v) is 23.6. The van der Waals surface area contributed by atoms with E-state index < -0.39 is 99.3 Å². The SMILES string of the molecule is CCCCCCCCCCCCCCC(=O)OCC(O)CO[C@H]1O[C@H](COC(=O)CCCCCCCCCCCCCC)[C@@H](O)[C@H](O[C@H]2O[C@H](CO)[C@@H](O)[C@H](O)[C@H]2O)[C@@H]1O. The van der Waals surface area contributed by atoms with Crippen LogP contribution in [-0.4, -0.2) is 142 Å². The van der Waals surface area contributed by atoms with Gasteiger partial charge in [-0.1, -0.05) is 155 Å². The molecule has 2 aliphatic rings. The van der Waals surface area contributed by atoms with Crippen LogP contribution in [0.4, 0.5) is 0 Å². The molecule has 0 aliphatic carbocycles. The second kappa shape index (κ2) is 34.0. The van der Waals surface area contributed by atoms with Crippen molar-refractivity contribution in [1.82, 2.24) is 0 Å². The van der Waals surface area contributed by atoms with Gasteiger partial charge in [0.1, 0.15) is 68.1 Å². The van der Waals surface area contributed by atoms with Crippen molar-refractivity contribution in [2.45, 2.75) is 248 Å². The molecule has 1 unspecified atom stereocenters. The van der Waals surface area contributed by atoms with E-state index in [2.05, 4.69) is 13.8 Å². The van der Waals surface area contributed by atoms with Crippen LogP contribution in [0.3, 0.4) is 0 Å². The Labute approximate surface area is 359 Å². The molecule has 0 saturated carbocycles. The molecule has 2 fully saturated rings. The van der Waals surface area contributed by atoms with Gasteiger partial charge in [0.05, 0.1) is 13.2 Å². The minimum atomic E-state index is -1.83. The van der Waals surface area contributed by atoms with E-state index in [0.717, 1.165) is 38.5 Å². The maximum atomic E-state index is 12.6. The Morgan fingerprint density at radius 1 is 0.500 bits per heavy atom. The lowest BCUT2D eigenvalue weighted by Gasteiger charge is -2.46. The van der Waals surface area contributed by atoms with Crippen LogP contribution >= 0.6 is 0 Å². The number of esters is 2. The molecule has 2 saturated heterocycles. The smallest absolute Gasteiger partial charge is 0.305 e. The summed E-state index contributed by atoms with van der Waals surface area (Å²) in [6.07, 6.45) is 10.7. The molecular formula is C45H84O15. The van der Waals surface area contributed by atoms with Crippen molar-refractivity contribution in [3.05, 3.63) is 0 Å². The summed E-state index contributed by atoms with van der Waals surface area (Å²) in [5.41, 5.74) is 0. The summed E-state index contributed by atoms with van der Waals surface area (Å²) in [5.74, 6) is -0.954. The van der Waals surface area contributed by atoms with E-state index in [1.807, 2.05) is 0 Å². The van der Waals surface area contributed by atoms with E-state index in [-0.39, 0.29) is 19.4 Å². The average Bonchev–Trinajstić information content (AvgIpc) is 3.24. The van der Waals surface area contributed by atoms with Crippen LogP contribution in [0.25, 0.3) is 0 Å². The molecule has 0 aromatic carbocycles. The monoisotopic (exact) mass is 865 g/mol. The molecule has 0 aromatic rings. The van der Waals surface area contributed by atoms with Gasteiger partial charge in [-0.25, -0.2) is 0 Å². The fraction of sp³-hybridized carbons (Fsp3) is 0.956. The standard InChI is InChI=1S/C45H84O15/c1-3-5-7-9-11-13-15-17-19-21-23-25-27-36(48)55-30-33(47)31-57-44-42(54)43(60-45-41(53)40(52)38(50)34(29-46)58-45)39(51)35(59-44)32-56-37(49)28-26-24-22-20-18-16-14-12-10-8-6-4-2/h33-35,38-47,50-54H,3-32H2,1-2H3/t33?,34-,35-,38-,39-,40+,41-,42+,43+,44+,45-/m1/s1. The second-order valence-electron chi connectivity index (χ2n) is 17.0. The maximum Gasteiger partial charge on any atom is 0.305 e. The molecular weight excluding hydrogens is 780 g/mol. The van der Waals surface area contributed by atoms with Gasteiger partial charge in [0.2, 0.25) is 0 Å². The summed E-state index contributed by atoms with van der Waals surface area (Å²) in [7, 11) is 0. The van der Waals surface area contributed by atoms with Gasteiger partial charge < -0.3 is 64.2 Å². The van der Waals surface area contributed by atoms with Crippen LogP contribution in [-0.2, 0) is 38.0 Å². The van der Waals surface area contributed by atoms with Crippen LogP contribution in [0.1, 0.15) is 181 Å². The lowest BCUT2D eigenvalue weighted by molar-refractivity contribution is -0.361. The van der Waals surface area contributed by atoms with Gasteiger partial charge in [-0.3, -0.25) is 9.59 Å². The maximum absolute atomic E-state index is 12.6. The molecule has 0 bridgehead atoms. The highest BCUT2D eigenvalue weighted by molar-refractivity contribution is 5.69. The summed E-state index contributed by atoms with van der Waals surface area (Å²) >= 11 is 0. The topological polar surface area (TPSA) is 231 Å². The third kappa shape index (κ3) is 22.7. The van der Waals surface area contributed by atoms with E-state index >= 15 is 0 Å². The lowest BCUT2D eigenvalue weighted by atomic mass is 9.97. The van der Waals surface area contributed by atoms with Crippen LogP contribution in [0.15, 0.2) is 0 Å². The molecule has 15 nitrogen and oxygen atoms in total. The van der Waals surface area contributed by atoms with E-state index in [1.54, 1.807) is 0 Å². The van der Waals surface area contributed by atoms with Gasteiger partial charge in [-0.2, -0.15) is 0 Å². The highest BCUT2D eigenvalue weighted by atomic mass is 16.7. The summed E-state index contributed by atoms with van der Waals surface area (Å²) < 4.78 is 33.2. The van der Waals surface area contributed by atoms with E-state index in [0.29, 0.717) is 12.8 Å². The molecule has 2 aliphatic heterocycles. The van der Waals surface area contributed by atoms with Gasteiger partial charge in [-0.15, -0.1) is 0 Å². The Morgan fingerprint density at radius 3 is 1.40 bits per heavy atom. The molecule has 2 heterocycles. The van der Waals surface area contributed by atoms with Gasteiger partial charge in [-0.05, 0) is 12.8 Å². The molecule has 0 aromatic heterocycles. The summed E-state index contributed by atoms with van der Waals surface area (Å²) in [4.78, 5) is 25.0. The van der Waals surface area contributed by atoms with Gasteiger partial charge >= 0.3 is 11.9 Å². The minimum absolute atomic E-state index is 0.165. The van der Waals surface area contributed by atoms with Gasteiger partial charge in [0.25, 0.3) is 0 Å². The lowest BCUT2D eigenvalue weighted by Crippen LogP contribution is -2.65. The fourth-order valence-corrected chi connectivity index (χ4v) is 7.66. The normalized spacial score (nSPS) is 27.5. The van der Waals surface area contributed by atoms with E-state index in [9.17, 15) is 45.3 Å². The number of carbonyl (C=O) groups excluding carboxylic acids is 2. The fourth-order valence-electron chi connectivity index (χ4n) is 7.66. The number of carbonyl (C=O) groups is 2. The molecule has 11 atom stereocenters. The van der Waals surface area contributed by atoms with E-state index in [1.165, 1.54) is 103 Å². The Morgan fingerprint density at radius 2 is 0.933 bits per heavy atom. The number of hydrogen-bond donors (Lipinski definition) is 7. The van der Waals surface area contributed by atoms with Gasteiger partial charge in [0.15, 0.2) is 12.6 Å².